The van der Waals surface area contributed by atoms with Crippen LogP contribution in [0.4, 0.5) is 4.39 Å². The molecule has 1 amide bonds. The van der Waals surface area contributed by atoms with Crippen LogP contribution in [0.25, 0.3) is 0 Å². The first-order chi connectivity index (χ1) is 13.4. The van der Waals surface area contributed by atoms with Crippen molar-refractivity contribution < 1.29 is 14.3 Å². The van der Waals surface area contributed by atoms with Crippen LogP contribution in [0.3, 0.4) is 0 Å². The number of nitrogens with zero attached hydrogens (tertiary/aromatic N) is 1. The number of likely N-dealkylation sites (tertiary alicyclic amines) is 1. The van der Waals surface area contributed by atoms with E-state index in [1.807, 2.05) is 0 Å². The number of aliphatic hydroxyl groups is 1. The van der Waals surface area contributed by atoms with Gasteiger partial charge in [0, 0.05) is 26.2 Å². The summed E-state index contributed by atoms with van der Waals surface area (Å²) in [6, 6.07) is 14.5. The van der Waals surface area contributed by atoms with Crippen LogP contribution in [-0.2, 0) is 17.9 Å². The van der Waals surface area contributed by atoms with Crippen LogP contribution in [0.15, 0.2) is 48.5 Å². The summed E-state index contributed by atoms with van der Waals surface area (Å²) in [7, 11) is 0. The molecule has 1 heterocycles. The Balaban J connectivity index is 1.58. The zero-order chi connectivity index (χ0) is 20.1. The van der Waals surface area contributed by atoms with Crippen molar-refractivity contribution in [3.63, 3.8) is 0 Å². The second-order valence-electron chi connectivity index (χ2n) is 7.99. The van der Waals surface area contributed by atoms with Crippen molar-refractivity contribution in [3.05, 3.63) is 71.0 Å². The molecule has 150 valence electrons. The van der Waals surface area contributed by atoms with E-state index in [0.717, 1.165) is 17.5 Å². The average Bonchev–Trinajstić information content (AvgIpc) is 2.68. The SMILES string of the molecule is CC(C)c1ccc(CN2CCC[C@@](O)(CNCc3ccc(F)cc3)C2=O)cc1. The van der Waals surface area contributed by atoms with Crippen molar-refractivity contribution in [2.75, 3.05) is 13.1 Å². The number of hydrogen-bond donors (Lipinski definition) is 2. The van der Waals surface area contributed by atoms with Gasteiger partial charge in [-0.25, -0.2) is 4.39 Å². The lowest BCUT2D eigenvalue weighted by molar-refractivity contribution is -0.157. The number of piperidine rings is 1. The van der Waals surface area contributed by atoms with Crippen molar-refractivity contribution in [2.24, 2.45) is 0 Å². The Hall–Kier alpha value is -2.24. The van der Waals surface area contributed by atoms with Gasteiger partial charge in [-0.2, -0.15) is 0 Å². The quantitative estimate of drug-likeness (QED) is 0.767. The Morgan fingerprint density at radius 1 is 1.11 bits per heavy atom. The maximum atomic E-state index is 13.0. The Labute approximate surface area is 166 Å². The predicted molar refractivity (Wildman–Crippen MR) is 108 cm³/mol. The Bertz CT molecular complexity index is 789. The molecule has 2 aromatic carbocycles. The number of carbonyl (C=O) groups is 1. The van der Waals surface area contributed by atoms with E-state index in [-0.39, 0.29) is 18.3 Å². The highest BCUT2D eigenvalue weighted by Crippen LogP contribution is 2.24. The van der Waals surface area contributed by atoms with E-state index in [4.69, 9.17) is 0 Å². The molecule has 5 heteroatoms. The van der Waals surface area contributed by atoms with Crippen LogP contribution in [-0.4, -0.2) is 34.6 Å². The molecule has 0 aliphatic carbocycles. The third kappa shape index (κ3) is 4.97. The van der Waals surface area contributed by atoms with Crippen molar-refractivity contribution in [1.29, 1.82) is 0 Å². The van der Waals surface area contributed by atoms with Gasteiger partial charge in [0.2, 0.25) is 0 Å². The van der Waals surface area contributed by atoms with Gasteiger partial charge in [-0.3, -0.25) is 4.79 Å². The summed E-state index contributed by atoms with van der Waals surface area (Å²) in [6.07, 6.45) is 1.22. The van der Waals surface area contributed by atoms with Crippen molar-refractivity contribution in [3.8, 4) is 0 Å². The topological polar surface area (TPSA) is 52.6 Å². The van der Waals surface area contributed by atoms with E-state index in [1.54, 1.807) is 17.0 Å². The molecule has 0 spiro atoms. The van der Waals surface area contributed by atoms with Crippen LogP contribution >= 0.6 is 0 Å². The summed E-state index contributed by atoms with van der Waals surface area (Å²) in [4.78, 5) is 14.6. The molecule has 0 aromatic heterocycles. The van der Waals surface area contributed by atoms with Crippen LogP contribution in [0.1, 0.15) is 49.3 Å². The van der Waals surface area contributed by atoms with E-state index < -0.39 is 5.60 Å². The van der Waals surface area contributed by atoms with Crippen LogP contribution < -0.4 is 5.32 Å². The Kier molecular flexibility index (Phi) is 6.47. The molecule has 4 nitrogen and oxygen atoms in total. The monoisotopic (exact) mass is 384 g/mol. The second-order valence-corrected chi connectivity index (χ2v) is 7.99. The number of halogens is 1. The lowest BCUT2D eigenvalue weighted by atomic mass is 9.91. The average molecular weight is 384 g/mol. The molecule has 0 bridgehead atoms. The molecular formula is C23H29FN2O2. The van der Waals surface area contributed by atoms with Gasteiger partial charge in [0.1, 0.15) is 5.82 Å². The molecule has 1 aliphatic rings. The molecule has 2 aromatic rings. The van der Waals surface area contributed by atoms with Gasteiger partial charge in [0.25, 0.3) is 5.91 Å². The molecule has 0 unspecified atom stereocenters. The first-order valence-corrected chi connectivity index (χ1v) is 9.93. The summed E-state index contributed by atoms with van der Waals surface area (Å²) in [5.41, 5.74) is 1.86. The van der Waals surface area contributed by atoms with E-state index in [1.165, 1.54) is 17.7 Å². The smallest absolute Gasteiger partial charge is 0.256 e. The lowest BCUT2D eigenvalue weighted by Crippen LogP contribution is -2.57. The summed E-state index contributed by atoms with van der Waals surface area (Å²) in [5.74, 6) is -0.0249. The minimum absolute atomic E-state index is 0.187. The largest absolute Gasteiger partial charge is 0.379 e. The highest BCUT2D eigenvalue weighted by atomic mass is 19.1. The fourth-order valence-electron chi connectivity index (χ4n) is 3.62. The molecule has 0 saturated carbocycles. The van der Waals surface area contributed by atoms with Gasteiger partial charge in [0.15, 0.2) is 5.60 Å². The molecule has 1 aliphatic heterocycles. The van der Waals surface area contributed by atoms with E-state index in [0.29, 0.717) is 32.0 Å². The fourth-order valence-corrected chi connectivity index (χ4v) is 3.62. The lowest BCUT2D eigenvalue weighted by Gasteiger charge is -2.38. The fraction of sp³-hybridized carbons (Fsp3) is 0.435. The normalized spacial score (nSPS) is 20.0. The highest BCUT2D eigenvalue weighted by Gasteiger charge is 2.41. The number of benzene rings is 2. The third-order valence-electron chi connectivity index (χ3n) is 5.38. The number of carbonyl (C=O) groups excluding carboxylic acids is 1. The van der Waals surface area contributed by atoms with Gasteiger partial charge < -0.3 is 15.3 Å². The predicted octanol–water partition coefficient (Wildman–Crippen LogP) is 3.59. The Morgan fingerprint density at radius 2 is 1.75 bits per heavy atom. The van der Waals surface area contributed by atoms with Crippen LogP contribution in [0, 0.1) is 5.82 Å². The first-order valence-electron chi connectivity index (χ1n) is 9.93. The molecule has 0 radical (unpaired) electrons. The third-order valence-corrected chi connectivity index (χ3v) is 5.38. The van der Waals surface area contributed by atoms with Crippen molar-refractivity contribution in [2.45, 2.75) is 51.3 Å². The van der Waals surface area contributed by atoms with Crippen molar-refractivity contribution >= 4 is 5.91 Å². The summed E-state index contributed by atoms with van der Waals surface area (Å²) < 4.78 is 13.0. The first kappa shape index (κ1) is 20.5. The standard InChI is InChI=1S/C23H29FN2O2/c1-17(2)20-8-4-19(5-9-20)15-26-13-3-12-23(28,22(26)27)16-25-14-18-6-10-21(24)11-7-18/h4-11,17,25,28H,3,12-16H2,1-2H3/t23-/m1/s1. The number of amides is 1. The van der Waals surface area contributed by atoms with E-state index in [9.17, 15) is 14.3 Å². The zero-order valence-corrected chi connectivity index (χ0v) is 16.6. The van der Waals surface area contributed by atoms with Gasteiger partial charge in [-0.15, -0.1) is 0 Å². The van der Waals surface area contributed by atoms with Gasteiger partial charge >= 0.3 is 0 Å². The van der Waals surface area contributed by atoms with E-state index in [2.05, 4.69) is 43.4 Å². The molecule has 2 N–H and O–H groups in total. The molecule has 1 fully saturated rings. The van der Waals surface area contributed by atoms with E-state index >= 15 is 0 Å². The molecule has 1 saturated heterocycles. The van der Waals surface area contributed by atoms with Gasteiger partial charge in [-0.05, 0) is 47.6 Å². The van der Waals surface area contributed by atoms with Crippen molar-refractivity contribution in [1.82, 2.24) is 10.2 Å². The Morgan fingerprint density at radius 3 is 2.39 bits per heavy atom. The highest BCUT2D eigenvalue weighted by molar-refractivity contribution is 5.86. The molecule has 28 heavy (non-hydrogen) atoms. The van der Waals surface area contributed by atoms with Gasteiger partial charge in [0.05, 0.1) is 0 Å². The summed E-state index contributed by atoms with van der Waals surface area (Å²) in [6.45, 7) is 6.14. The van der Waals surface area contributed by atoms with Crippen LogP contribution in [0.5, 0.6) is 0 Å². The minimum Gasteiger partial charge on any atom is -0.379 e. The maximum Gasteiger partial charge on any atom is 0.256 e. The summed E-state index contributed by atoms with van der Waals surface area (Å²) in [5, 5.41) is 14.1. The minimum atomic E-state index is -1.39. The molecular weight excluding hydrogens is 355 g/mol. The number of rotatable bonds is 7. The number of nitrogens with one attached hydrogen (secondary N) is 1. The summed E-state index contributed by atoms with van der Waals surface area (Å²) >= 11 is 0. The maximum absolute atomic E-state index is 13.0. The zero-order valence-electron chi connectivity index (χ0n) is 16.6. The van der Waals surface area contributed by atoms with Gasteiger partial charge in [-0.1, -0.05) is 50.2 Å². The molecule has 3 rings (SSSR count). The second kappa shape index (κ2) is 8.84. The van der Waals surface area contributed by atoms with Crippen LogP contribution in [0.2, 0.25) is 0 Å². The molecule has 1 atom stereocenters. The number of hydrogen-bond acceptors (Lipinski definition) is 3.